The summed E-state index contributed by atoms with van der Waals surface area (Å²) in [5.41, 5.74) is 3.65. The molecule has 2 rings (SSSR count). The Bertz CT molecular complexity index is 631. The predicted octanol–water partition coefficient (Wildman–Crippen LogP) is 3.45. The van der Waals surface area contributed by atoms with Gasteiger partial charge in [-0.05, 0) is 36.6 Å². The van der Waals surface area contributed by atoms with E-state index in [0.717, 1.165) is 11.1 Å². The van der Waals surface area contributed by atoms with Gasteiger partial charge in [-0.1, -0.05) is 42.5 Å². The minimum Gasteiger partial charge on any atom is -0.377 e. The van der Waals surface area contributed by atoms with Gasteiger partial charge in [0.25, 0.3) is 0 Å². The molecule has 0 fully saturated rings. The lowest BCUT2D eigenvalue weighted by Gasteiger charge is -2.27. The fourth-order valence-corrected chi connectivity index (χ4v) is 2.80. The highest BCUT2D eigenvalue weighted by molar-refractivity contribution is 5.75. The van der Waals surface area contributed by atoms with Crippen molar-refractivity contribution in [2.45, 2.75) is 31.8 Å². The number of hydrogen-bond acceptors (Lipinski definition) is 3. The van der Waals surface area contributed by atoms with Crippen LogP contribution in [0.15, 0.2) is 54.6 Å². The van der Waals surface area contributed by atoms with Gasteiger partial charge in [-0.3, -0.25) is 10.0 Å². The van der Waals surface area contributed by atoms with E-state index in [4.69, 9.17) is 9.94 Å². The minimum atomic E-state index is -0.506. The van der Waals surface area contributed by atoms with Gasteiger partial charge in [-0.2, -0.15) is 0 Å². The number of nitrogens with one attached hydrogen (secondary N) is 1. The molecule has 0 aliphatic rings. The zero-order valence-electron chi connectivity index (χ0n) is 13.6. The molecule has 2 aromatic carbocycles. The van der Waals surface area contributed by atoms with Crippen LogP contribution in [0.2, 0.25) is 0 Å². The maximum Gasteiger partial charge on any atom is 0.245 e. The molecule has 128 valence electrons. The Kier molecular flexibility index (Phi) is 6.90. The first kappa shape index (κ1) is 18.1. The van der Waals surface area contributed by atoms with Crippen LogP contribution in [0.4, 0.5) is 4.39 Å². The third-order valence-electron chi connectivity index (χ3n) is 3.94. The van der Waals surface area contributed by atoms with Gasteiger partial charge < -0.3 is 4.74 Å². The lowest BCUT2D eigenvalue weighted by Crippen LogP contribution is -2.31. The van der Waals surface area contributed by atoms with Crippen molar-refractivity contribution in [1.29, 1.82) is 0 Å². The Morgan fingerprint density at radius 3 is 2.42 bits per heavy atom. The molecule has 0 bridgehead atoms. The molecule has 0 heterocycles. The topological polar surface area (TPSA) is 58.6 Å². The first-order chi connectivity index (χ1) is 11.6. The molecule has 4 nitrogen and oxygen atoms in total. The average Bonchev–Trinajstić information content (AvgIpc) is 2.61. The van der Waals surface area contributed by atoms with Crippen LogP contribution in [-0.4, -0.2) is 23.8 Å². The number of carbonyl (C=O) groups is 1. The summed E-state index contributed by atoms with van der Waals surface area (Å²) < 4.78 is 19.0. The van der Waals surface area contributed by atoms with E-state index in [1.807, 2.05) is 37.3 Å². The molecule has 0 saturated carbocycles. The highest BCUT2D eigenvalue weighted by atomic mass is 19.1. The molecular formula is C19H22FNO3. The van der Waals surface area contributed by atoms with Gasteiger partial charge in [0.15, 0.2) is 0 Å². The lowest BCUT2D eigenvalue weighted by molar-refractivity contribution is -0.132. The molecule has 0 aromatic heterocycles. The molecule has 24 heavy (non-hydrogen) atoms. The Labute approximate surface area is 141 Å². The molecule has 0 radical (unpaired) electrons. The van der Waals surface area contributed by atoms with E-state index in [2.05, 4.69) is 0 Å². The van der Waals surface area contributed by atoms with Crippen LogP contribution < -0.4 is 5.48 Å². The number of ether oxygens (including phenoxy) is 1. The molecule has 0 aliphatic carbocycles. The smallest absolute Gasteiger partial charge is 0.245 e. The maximum atomic E-state index is 13.3. The summed E-state index contributed by atoms with van der Waals surface area (Å²) in [5.74, 6) is -0.947. The Balaban J connectivity index is 2.31. The second-order valence-corrected chi connectivity index (χ2v) is 5.58. The molecular weight excluding hydrogens is 309 g/mol. The van der Waals surface area contributed by atoms with E-state index >= 15 is 0 Å². The number of hydroxylamine groups is 1. The normalized spacial score (nSPS) is 13.3. The summed E-state index contributed by atoms with van der Waals surface area (Å²) in [6.07, 6.45) is 0.252. The van der Waals surface area contributed by atoms with Crippen LogP contribution >= 0.6 is 0 Å². The molecule has 0 aliphatic heterocycles. The fraction of sp³-hybridized carbons (Fsp3) is 0.316. The average molecular weight is 331 g/mol. The third kappa shape index (κ3) is 5.15. The molecule has 1 amide bonds. The predicted molar refractivity (Wildman–Crippen MR) is 89.2 cm³/mol. The van der Waals surface area contributed by atoms with Crippen LogP contribution in [0.5, 0.6) is 0 Å². The fourth-order valence-electron chi connectivity index (χ4n) is 2.80. The Morgan fingerprint density at radius 1 is 1.17 bits per heavy atom. The van der Waals surface area contributed by atoms with E-state index in [-0.39, 0.29) is 18.2 Å². The van der Waals surface area contributed by atoms with Crippen molar-refractivity contribution >= 4 is 5.91 Å². The zero-order chi connectivity index (χ0) is 17.4. The van der Waals surface area contributed by atoms with Gasteiger partial charge in [-0.25, -0.2) is 9.87 Å². The van der Waals surface area contributed by atoms with E-state index in [1.54, 1.807) is 17.6 Å². The highest BCUT2D eigenvalue weighted by Gasteiger charge is 2.26. The summed E-state index contributed by atoms with van der Waals surface area (Å²) in [7, 11) is 0. The van der Waals surface area contributed by atoms with Gasteiger partial charge >= 0.3 is 0 Å². The van der Waals surface area contributed by atoms with Crippen LogP contribution in [0, 0.1) is 5.82 Å². The van der Waals surface area contributed by atoms with Crippen LogP contribution in [0.25, 0.3) is 0 Å². The van der Waals surface area contributed by atoms with Gasteiger partial charge in [-0.15, -0.1) is 0 Å². The Hall–Kier alpha value is -2.24. The molecule has 0 spiro atoms. The van der Waals surface area contributed by atoms with Crippen molar-refractivity contribution in [3.8, 4) is 0 Å². The third-order valence-corrected chi connectivity index (χ3v) is 3.94. The second-order valence-electron chi connectivity index (χ2n) is 5.58. The first-order valence-electron chi connectivity index (χ1n) is 7.98. The van der Waals surface area contributed by atoms with Crippen molar-refractivity contribution < 1.29 is 19.1 Å². The molecule has 0 saturated heterocycles. The number of rotatable bonds is 8. The summed E-state index contributed by atoms with van der Waals surface area (Å²) in [5, 5.41) is 8.83. The summed E-state index contributed by atoms with van der Waals surface area (Å²) in [4.78, 5) is 11.6. The van der Waals surface area contributed by atoms with Gasteiger partial charge in [0.2, 0.25) is 5.91 Å². The molecule has 5 heteroatoms. The maximum absolute atomic E-state index is 13.3. The van der Waals surface area contributed by atoms with Gasteiger partial charge in [0, 0.05) is 12.5 Å². The van der Waals surface area contributed by atoms with Crippen molar-refractivity contribution in [2.24, 2.45) is 0 Å². The van der Waals surface area contributed by atoms with Crippen molar-refractivity contribution in [1.82, 2.24) is 5.48 Å². The zero-order valence-corrected chi connectivity index (χ0v) is 13.6. The van der Waals surface area contributed by atoms with Gasteiger partial charge in [0.1, 0.15) is 5.82 Å². The summed E-state index contributed by atoms with van der Waals surface area (Å²) >= 11 is 0. The number of halogens is 1. The van der Waals surface area contributed by atoms with Crippen LogP contribution in [0.1, 0.15) is 30.4 Å². The molecule has 2 N–H and O–H groups in total. The molecule has 2 atom stereocenters. The quantitative estimate of drug-likeness (QED) is 0.575. The SMILES string of the molecule is CCO[C@H](CC(=O)NO)C(Cc1ccccc1)c1ccc(F)cc1. The van der Waals surface area contributed by atoms with E-state index in [0.29, 0.717) is 13.0 Å². The second kappa shape index (κ2) is 9.15. The lowest BCUT2D eigenvalue weighted by atomic mass is 9.85. The minimum absolute atomic E-state index is 0.0270. The van der Waals surface area contributed by atoms with E-state index in [1.165, 1.54) is 12.1 Å². The molecule has 2 aromatic rings. The summed E-state index contributed by atoms with van der Waals surface area (Å²) in [6, 6.07) is 16.1. The number of hydrogen-bond donors (Lipinski definition) is 2. The molecule has 1 unspecified atom stereocenters. The van der Waals surface area contributed by atoms with Crippen molar-refractivity contribution in [2.75, 3.05) is 6.61 Å². The highest BCUT2D eigenvalue weighted by Crippen LogP contribution is 2.28. The number of benzene rings is 2. The van der Waals surface area contributed by atoms with Crippen molar-refractivity contribution in [3.63, 3.8) is 0 Å². The van der Waals surface area contributed by atoms with E-state index < -0.39 is 12.0 Å². The Morgan fingerprint density at radius 2 is 1.83 bits per heavy atom. The largest absolute Gasteiger partial charge is 0.377 e. The monoisotopic (exact) mass is 331 g/mol. The van der Waals surface area contributed by atoms with Crippen molar-refractivity contribution in [3.05, 3.63) is 71.5 Å². The van der Waals surface area contributed by atoms with E-state index in [9.17, 15) is 9.18 Å². The first-order valence-corrected chi connectivity index (χ1v) is 7.98. The van der Waals surface area contributed by atoms with Gasteiger partial charge in [0.05, 0.1) is 12.5 Å². The number of carbonyl (C=O) groups excluding carboxylic acids is 1. The van der Waals surface area contributed by atoms with Crippen LogP contribution in [0.3, 0.4) is 0 Å². The van der Waals surface area contributed by atoms with Crippen LogP contribution in [-0.2, 0) is 16.0 Å². The standard InChI is InChI=1S/C19H22FNO3/c1-2-24-18(13-19(22)21-23)17(12-14-6-4-3-5-7-14)15-8-10-16(20)11-9-15/h3-11,17-18,23H,2,12-13H2,1H3,(H,21,22)/t17?,18-/m1/s1. The summed E-state index contributed by atoms with van der Waals surface area (Å²) in [6.45, 7) is 2.30. The number of amides is 1.